The number of anilines is 1. The van der Waals surface area contributed by atoms with Crippen LogP contribution in [0.25, 0.3) is 0 Å². The lowest BCUT2D eigenvalue weighted by Crippen LogP contribution is -2.21. The van der Waals surface area contributed by atoms with Crippen molar-refractivity contribution in [3.63, 3.8) is 0 Å². The van der Waals surface area contributed by atoms with Crippen molar-refractivity contribution in [3.8, 4) is 0 Å². The molecule has 1 aromatic rings. The Balaban J connectivity index is 2.64. The zero-order valence-corrected chi connectivity index (χ0v) is 9.26. The molecule has 0 aliphatic carbocycles. The second kappa shape index (κ2) is 4.41. The van der Waals surface area contributed by atoms with E-state index in [4.69, 9.17) is 5.11 Å². The minimum absolute atomic E-state index is 0.105. The fraction of sp³-hybridized carbons (Fsp3) is 0.556. The molecule has 1 aromatic heterocycles. The van der Waals surface area contributed by atoms with E-state index in [1.807, 2.05) is 6.92 Å². The number of nitrogens with one attached hydrogen (secondary N) is 1. The Kier molecular flexibility index (Phi) is 3.46. The number of nitrogens with zero attached hydrogens (tertiary/aromatic N) is 1. The number of thiazole rings is 1. The molecule has 0 amide bonds. The van der Waals surface area contributed by atoms with E-state index in [2.05, 4.69) is 24.1 Å². The van der Waals surface area contributed by atoms with Gasteiger partial charge in [0.05, 0.1) is 0 Å². The molecule has 0 saturated carbocycles. The van der Waals surface area contributed by atoms with E-state index in [9.17, 15) is 4.79 Å². The Bertz CT molecular complexity index is 322. The van der Waals surface area contributed by atoms with Crippen molar-refractivity contribution in [1.29, 1.82) is 0 Å². The lowest BCUT2D eigenvalue weighted by molar-refractivity contribution is 0.0691. The van der Waals surface area contributed by atoms with Gasteiger partial charge in [0, 0.05) is 11.4 Å². The van der Waals surface area contributed by atoms with Gasteiger partial charge in [0.1, 0.15) is 0 Å². The fourth-order valence-corrected chi connectivity index (χ4v) is 1.58. The summed E-state index contributed by atoms with van der Waals surface area (Å²) in [4.78, 5) is 14.5. The summed E-state index contributed by atoms with van der Waals surface area (Å²) in [5.41, 5.74) is 0.105. The van der Waals surface area contributed by atoms with Crippen LogP contribution in [0.3, 0.4) is 0 Å². The average Bonchev–Trinajstić information content (AvgIpc) is 2.52. The molecule has 0 spiro atoms. The van der Waals surface area contributed by atoms with Crippen molar-refractivity contribution in [2.24, 2.45) is 5.92 Å². The van der Waals surface area contributed by atoms with Crippen molar-refractivity contribution in [2.75, 3.05) is 5.32 Å². The van der Waals surface area contributed by atoms with Crippen LogP contribution in [0.2, 0.25) is 0 Å². The fourth-order valence-electron chi connectivity index (χ4n) is 0.800. The number of rotatable bonds is 4. The third-order valence-electron chi connectivity index (χ3n) is 2.07. The summed E-state index contributed by atoms with van der Waals surface area (Å²) >= 11 is 1.32. The zero-order valence-electron chi connectivity index (χ0n) is 8.44. The number of hydrogen-bond acceptors (Lipinski definition) is 4. The van der Waals surface area contributed by atoms with Gasteiger partial charge >= 0.3 is 5.97 Å². The van der Waals surface area contributed by atoms with Crippen molar-refractivity contribution >= 4 is 22.4 Å². The Morgan fingerprint density at radius 2 is 2.21 bits per heavy atom. The SMILES string of the molecule is CC(C)C(C)Nc1nc(C(=O)O)cs1. The molecule has 1 heterocycles. The van der Waals surface area contributed by atoms with Crippen molar-refractivity contribution in [2.45, 2.75) is 26.8 Å². The Morgan fingerprint density at radius 3 is 2.64 bits per heavy atom. The maximum atomic E-state index is 10.6. The normalized spacial score (nSPS) is 12.9. The van der Waals surface area contributed by atoms with Gasteiger partial charge in [-0.2, -0.15) is 0 Å². The first-order chi connectivity index (χ1) is 6.50. The second-order valence-electron chi connectivity index (χ2n) is 3.52. The van der Waals surface area contributed by atoms with Crippen LogP contribution in [-0.2, 0) is 0 Å². The standard InChI is InChI=1S/C9H14N2O2S/c1-5(2)6(3)10-9-11-7(4-14-9)8(12)13/h4-6H,1-3H3,(H,10,11)(H,12,13). The Morgan fingerprint density at radius 1 is 1.57 bits per heavy atom. The molecule has 0 radical (unpaired) electrons. The minimum Gasteiger partial charge on any atom is -0.476 e. The maximum absolute atomic E-state index is 10.6. The number of hydrogen-bond donors (Lipinski definition) is 2. The second-order valence-corrected chi connectivity index (χ2v) is 4.38. The third kappa shape index (κ3) is 2.70. The van der Waals surface area contributed by atoms with Crippen LogP contribution >= 0.6 is 11.3 Å². The van der Waals surface area contributed by atoms with E-state index in [0.29, 0.717) is 17.1 Å². The summed E-state index contributed by atoms with van der Waals surface area (Å²) in [6.07, 6.45) is 0. The van der Waals surface area contributed by atoms with Gasteiger partial charge < -0.3 is 10.4 Å². The van der Waals surface area contributed by atoms with Crippen molar-refractivity contribution in [3.05, 3.63) is 11.1 Å². The molecular formula is C9H14N2O2S. The molecule has 14 heavy (non-hydrogen) atoms. The molecule has 1 rings (SSSR count). The molecule has 0 fully saturated rings. The number of carbonyl (C=O) groups is 1. The Hall–Kier alpha value is -1.10. The van der Waals surface area contributed by atoms with Gasteiger partial charge in [0.15, 0.2) is 10.8 Å². The number of carboxylic acid groups (broad SMARTS) is 1. The first kappa shape index (κ1) is 11.0. The van der Waals surface area contributed by atoms with Gasteiger partial charge in [0.25, 0.3) is 0 Å². The molecule has 0 saturated heterocycles. The predicted molar refractivity (Wildman–Crippen MR) is 57.0 cm³/mol. The van der Waals surface area contributed by atoms with Gasteiger partial charge in [-0.05, 0) is 12.8 Å². The summed E-state index contributed by atoms with van der Waals surface area (Å²) in [7, 11) is 0. The smallest absolute Gasteiger partial charge is 0.355 e. The van der Waals surface area contributed by atoms with Crippen molar-refractivity contribution < 1.29 is 9.90 Å². The molecule has 2 N–H and O–H groups in total. The summed E-state index contributed by atoms with van der Waals surface area (Å²) in [6.45, 7) is 6.25. The first-order valence-electron chi connectivity index (χ1n) is 4.46. The molecule has 5 heteroatoms. The van der Waals surface area contributed by atoms with Crippen LogP contribution in [0.1, 0.15) is 31.3 Å². The molecule has 1 unspecified atom stereocenters. The summed E-state index contributed by atoms with van der Waals surface area (Å²) in [5.74, 6) is -0.487. The van der Waals surface area contributed by atoms with Crippen LogP contribution in [0.15, 0.2) is 5.38 Å². The zero-order chi connectivity index (χ0) is 10.7. The molecule has 0 aliphatic rings. The number of carboxylic acids is 1. The lowest BCUT2D eigenvalue weighted by atomic mass is 10.1. The molecule has 4 nitrogen and oxygen atoms in total. The van der Waals surface area contributed by atoms with E-state index >= 15 is 0 Å². The summed E-state index contributed by atoms with van der Waals surface area (Å²) < 4.78 is 0. The first-order valence-corrected chi connectivity index (χ1v) is 5.34. The van der Waals surface area contributed by atoms with E-state index in [-0.39, 0.29) is 5.69 Å². The largest absolute Gasteiger partial charge is 0.476 e. The van der Waals surface area contributed by atoms with E-state index < -0.39 is 5.97 Å². The highest BCUT2D eigenvalue weighted by molar-refractivity contribution is 7.13. The number of aromatic nitrogens is 1. The highest BCUT2D eigenvalue weighted by atomic mass is 32.1. The van der Waals surface area contributed by atoms with E-state index in [0.717, 1.165) is 0 Å². The topological polar surface area (TPSA) is 62.2 Å². The van der Waals surface area contributed by atoms with Gasteiger partial charge in [-0.1, -0.05) is 13.8 Å². The van der Waals surface area contributed by atoms with Crippen LogP contribution in [0.4, 0.5) is 5.13 Å². The van der Waals surface area contributed by atoms with Gasteiger partial charge in [0.2, 0.25) is 0 Å². The van der Waals surface area contributed by atoms with E-state index in [1.54, 1.807) is 0 Å². The average molecular weight is 214 g/mol. The monoisotopic (exact) mass is 214 g/mol. The molecule has 0 bridgehead atoms. The Labute approximate surface area is 87.0 Å². The highest BCUT2D eigenvalue weighted by Crippen LogP contribution is 2.18. The molecule has 0 aromatic carbocycles. The molecule has 0 aliphatic heterocycles. The van der Waals surface area contributed by atoms with Crippen LogP contribution in [-0.4, -0.2) is 22.1 Å². The van der Waals surface area contributed by atoms with Crippen LogP contribution < -0.4 is 5.32 Å². The lowest BCUT2D eigenvalue weighted by Gasteiger charge is -2.16. The quantitative estimate of drug-likeness (QED) is 0.807. The molecule has 78 valence electrons. The van der Waals surface area contributed by atoms with Crippen LogP contribution in [0.5, 0.6) is 0 Å². The van der Waals surface area contributed by atoms with Gasteiger partial charge in [-0.15, -0.1) is 11.3 Å². The molecular weight excluding hydrogens is 200 g/mol. The third-order valence-corrected chi connectivity index (χ3v) is 2.85. The van der Waals surface area contributed by atoms with Gasteiger partial charge in [-0.3, -0.25) is 0 Å². The number of aromatic carboxylic acids is 1. The summed E-state index contributed by atoms with van der Waals surface area (Å²) in [6, 6.07) is 0.294. The van der Waals surface area contributed by atoms with Crippen LogP contribution in [0, 0.1) is 5.92 Å². The summed E-state index contributed by atoms with van der Waals surface area (Å²) in [5, 5.41) is 14.0. The predicted octanol–water partition coefficient (Wildman–Crippen LogP) is 2.30. The van der Waals surface area contributed by atoms with Crippen molar-refractivity contribution in [1.82, 2.24) is 4.98 Å². The highest BCUT2D eigenvalue weighted by Gasteiger charge is 2.11. The van der Waals surface area contributed by atoms with E-state index in [1.165, 1.54) is 16.7 Å². The molecule has 1 atom stereocenters. The van der Waals surface area contributed by atoms with Gasteiger partial charge in [-0.25, -0.2) is 9.78 Å². The minimum atomic E-state index is -0.980. The maximum Gasteiger partial charge on any atom is 0.355 e.